The Morgan fingerprint density at radius 1 is 1.12 bits per heavy atom. The van der Waals surface area contributed by atoms with Gasteiger partial charge in [0.25, 0.3) is 0 Å². The molecule has 1 unspecified atom stereocenters. The lowest BCUT2D eigenvalue weighted by Gasteiger charge is -2.56. The zero-order chi connectivity index (χ0) is 18.7. The van der Waals surface area contributed by atoms with E-state index in [1.165, 1.54) is 0 Å². The highest BCUT2D eigenvalue weighted by atomic mass is 16.5. The molecule has 25 heavy (non-hydrogen) atoms. The van der Waals surface area contributed by atoms with Crippen LogP contribution in [0.5, 0.6) is 0 Å². The first-order valence-corrected chi connectivity index (χ1v) is 9.36. The Balaban J connectivity index is 2.29. The Morgan fingerprint density at radius 3 is 2.32 bits per heavy atom. The summed E-state index contributed by atoms with van der Waals surface area (Å²) in [5.74, 6) is -0.918. The number of fused-ring (bicyclic) bond motifs is 2. The summed E-state index contributed by atoms with van der Waals surface area (Å²) >= 11 is 0. The average molecular weight is 346 g/mol. The molecule has 0 heterocycles. The second-order valence-corrected chi connectivity index (χ2v) is 9.14. The minimum atomic E-state index is -0.536. The van der Waals surface area contributed by atoms with Crippen LogP contribution in [0.1, 0.15) is 60.3 Å². The predicted molar refractivity (Wildman–Crippen MR) is 96.2 cm³/mol. The van der Waals surface area contributed by atoms with E-state index in [0.29, 0.717) is 11.1 Å². The molecule has 3 aliphatic carbocycles. The van der Waals surface area contributed by atoms with Gasteiger partial charge in [0.2, 0.25) is 11.6 Å². The van der Waals surface area contributed by atoms with Gasteiger partial charge >= 0.3 is 0 Å². The SMILES string of the molecule is CO[C@@H]1CC2C(C)(C)CCC[C@]2(C)C2=C1C(O)=C(C(C)C)C(=O)C2=O. The molecule has 1 saturated carbocycles. The van der Waals surface area contributed by atoms with Gasteiger partial charge in [0.1, 0.15) is 5.76 Å². The Labute approximate surface area is 150 Å². The summed E-state index contributed by atoms with van der Waals surface area (Å²) in [4.78, 5) is 25.9. The lowest BCUT2D eigenvalue weighted by Crippen LogP contribution is -2.53. The summed E-state index contributed by atoms with van der Waals surface area (Å²) in [6, 6.07) is 0. The first-order valence-electron chi connectivity index (χ1n) is 9.36. The van der Waals surface area contributed by atoms with Crippen molar-refractivity contribution in [2.45, 2.75) is 66.4 Å². The molecule has 0 aromatic rings. The Bertz CT molecular complexity index is 695. The number of hydrogen-bond donors (Lipinski definition) is 1. The molecule has 4 heteroatoms. The minimum Gasteiger partial charge on any atom is -0.507 e. The van der Waals surface area contributed by atoms with Crippen molar-refractivity contribution in [3.8, 4) is 0 Å². The Kier molecular flexibility index (Phi) is 4.26. The van der Waals surface area contributed by atoms with Crippen molar-refractivity contribution in [1.82, 2.24) is 0 Å². The van der Waals surface area contributed by atoms with Crippen molar-refractivity contribution in [2.24, 2.45) is 22.7 Å². The van der Waals surface area contributed by atoms with Crippen molar-refractivity contribution in [1.29, 1.82) is 0 Å². The van der Waals surface area contributed by atoms with Crippen molar-refractivity contribution in [2.75, 3.05) is 7.11 Å². The smallest absolute Gasteiger partial charge is 0.233 e. The molecule has 0 saturated heterocycles. The molecule has 138 valence electrons. The molecular weight excluding hydrogens is 316 g/mol. The van der Waals surface area contributed by atoms with E-state index >= 15 is 0 Å². The van der Waals surface area contributed by atoms with Crippen molar-refractivity contribution in [3.05, 3.63) is 22.5 Å². The Hall–Kier alpha value is -1.42. The van der Waals surface area contributed by atoms with Gasteiger partial charge in [0, 0.05) is 29.2 Å². The standard InChI is InChI=1S/C21H30O4/c1-11(2)14-17(22)15-12(25-6)10-13-20(3,4)8-7-9-21(13,5)16(15)19(24)18(14)23/h11-13,22H,7-10H2,1-6H3/t12-,13?,21+/m1/s1. The second-order valence-electron chi connectivity index (χ2n) is 9.14. The summed E-state index contributed by atoms with van der Waals surface area (Å²) in [6.45, 7) is 10.3. The highest BCUT2D eigenvalue weighted by molar-refractivity contribution is 6.50. The van der Waals surface area contributed by atoms with Crippen LogP contribution in [-0.2, 0) is 14.3 Å². The molecule has 0 bridgehead atoms. The first kappa shape index (κ1) is 18.4. The summed E-state index contributed by atoms with van der Waals surface area (Å²) in [7, 11) is 1.62. The van der Waals surface area contributed by atoms with Crippen LogP contribution >= 0.6 is 0 Å². The number of carbonyl (C=O) groups excluding carboxylic acids is 2. The fraction of sp³-hybridized carbons (Fsp3) is 0.714. The highest BCUT2D eigenvalue weighted by Gasteiger charge is 2.57. The number of aliphatic hydroxyl groups excluding tert-OH is 1. The fourth-order valence-electron chi connectivity index (χ4n) is 5.69. The van der Waals surface area contributed by atoms with Crippen LogP contribution < -0.4 is 0 Å². The van der Waals surface area contributed by atoms with Gasteiger partial charge in [-0.15, -0.1) is 0 Å². The third-order valence-electron chi connectivity index (χ3n) is 6.89. The van der Waals surface area contributed by atoms with E-state index < -0.39 is 11.6 Å². The molecule has 1 fully saturated rings. The normalized spacial score (nSPS) is 35.2. The van der Waals surface area contributed by atoms with E-state index in [4.69, 9.17) is 4.74 Å². The largest absolute Gasteiger partial charge is 0.507 e. The fourth-order valence-corrected chi connectivity index (χ4v) is 5.69. The highest BCUT2D eigenvalue weighted by Crippen LogP contribution is 2.61. The van der Waals surface area contributed by atoms with Crippen LogP contribution in [0.3, 0.4) is 0 Å². The predicted octanol–water partition coefficient (Wildman–Crippen LogP) is 4.15. The van der Waals surface area contributed by atoms with E-state index in [9.17, 15) is 14.7 Å². The van der Waals surface area contributed by atoms with Crippen LogP contribution in [0.2, 0.25) is 0 Å². The number of Topliss-reactive ketones (excluding diaryl/α,β-unsaturated/α-hetero) is 2. The van der Waals surface area contributed by atoms with E-state index in [2.05, 4.69) is 20.8 Å². The molecule has 3 rings (SSSR count). The van der Waals surface area contributed by atoms with E-state index in [0.717, 1.165) is 25.7 Å². The van der Waals surface area contributed by atoms with E-state index in [-0.39, 0.29) is 40.1 Å². The summed E-state index contributed by atoms with van der Waals surface area (Å²) in [5, 5.41) is 10.9. The van der Waals surface area contributed by atoms with Gasteiger partial charge in [0.15, 0.2) is 0 Å². The van der Waals surface area contributed by atoms with E-state index in [1.807, 2.05) is 13.8 Å². The monoisotopic (exact) mass is 346 g/mol. The van der Waals surface area contributed by atoms with Crippen LogP contribution in [-0.4, -0.2) is 29.9 Å². The molecule has 0 amide bonds. The van der Waals surface area contributed by atoms with Crippen LogP contribution in [0.4, 0.5) is 0 Å². The molecule has 1 N–H and O–H groups in total. The number of allylic oxidation sites excluding steroid dienone is 2. The van der Waals surface area contributed by atoms with Gasteiger partial charge in [-0.3, -0.25) is 9.59 Å². The Morgan fingerprint density at radius 2 is 1.76 bits per heavy atom. The third-order valence-corrected chi connectivity index (χ3v) is 6.89. The van der Waals surface area contributed by atoms with Gasteiger partial charge in [-0.25, -0.2) is 0 Å². The number of ether oxygens (including phenoxy) is 1. The lowest BCUT2D eigenvalue weighted by atomic mass is 9.48. The quantitative estimate of drug-likeness (QED) is 0.602. The van der Waals surface area contributed by atoms with Crippen LogP contribution in [0.15, 0.2) is 22.5 Å². The molecular formula is C21H30O4. The maximum atomic E-state index is 13.1. The molecule has 0 aromatic heterocycles. The topological polar surface area (TPSA) is 63.6 Å². The van der Waals surface area contributed by atoms with E-state index in [1.54, 1.807) is 7.11 Å². The molecule has 4 nitrogen and oxygen atoms in total. The lowest BCUT2D eigenvalue weighted by molar-refractivity contribution is -0.135. The molecule has 0 aliphatic heterocycles. The number of carbonyl (C=O) groups is 2. The summed E-state index contributed by atoms with van der Waals surface area (Å²) < 4.78 is 5.71. The number of hydrogen-bond acceptors (Lipinski definition) is 4. The molecule has 3 atom stereocenters. The third kappa shape index (κ3) is 2.44. The first-order chi connectivity index (χ1) is 11.6. The maximum absolute atomic E-state index is 13.1. The second kappa shape index (κ2) is 5.80. The van der Waals surface area contributed by atoms with Crippen molar-refractivity contribution >= 4 is 11.6 Å². The number of methoxy groups -OCH3 is 1. The van der Waals surface area contributed by atoms with Crippen molar-refractivity contribution < 1.29 is 19.4 Å². The number of aliphatic hydroxyl groups is 1. The number of rotatable bonds is 2. The van der Waals surface area contributed by atoms with Gasteiger partial charge in [-0.2, -0.15) is 0 Å². The molecule has 0 spiro atoms. The van der Waals surface area contributed by atoms with Gasteiger partial charge in [-0.05, 0) is 36.5 Å². The molecule has 0 aromatic carbocycles. The van der Waals surface area contributed by atoms with Gasteiger partial charge in [0.05, 0.1) is 6.10 Å². The van der Waals surface area contributed by atoms with Crippen LogP contribution in [0, 0.1) is 22.7 Å². The minimum absolute atomic E-state index is 0.00972. The average Bonchev–Trinajstić information content (AvgIpc) is 2.50. The zero-order valence-corrected chi connectivity index (χ0v) is 16.2. The summed E-state index contributed by atoms with van der Waals surface area (Å²) in [6.07, 6.45) is 3.44. The molecule has 0 radical (unpaired) electrons. The maximum Gasteiger partial charge on any atom is 0.233 e. The number of ketones is 2. The zero-order valence-electron chi connectivity index (χ0n) is 16.2. The van der Waals surface area contributed by atoms with Gasteiger partial charge in [-0.1, -0.05) is 41.0 Å². The van der Waals surface area contributed by atoms with Crippen LogP contribution in [0.25, 0.3) is 0 Å². The van der Waals surface area contributed by atoms with Gasteiger partial charge < -0.3 is 9.84 Å². The van der Waals surface area contributed by atoms with Crippen molar-refractivity contribution in [3.63, 3.8) is 0 Å². The summed E-state index contributed by atoms with van der Waals surface area (Å²) in [5.41, 5.74) is 1.03. The molecule has 3 aliphatic rings.